The summed E-state index contributed by atoms with van der Waals surface area (Å²) in [6.07, 6.45) is 1.11. The lowest BCUT2D eigenvalue weighted by Gasteiger charge is -2.18. The summed E-state index contributed by atoms with van der Waals surface area (Å²) in [6, 6.07) is 15.0. The van der Waals surface area contributed by atoms with Crippen molar-refractivity contribution in [3.8, 4) is 5.75 Å². The number of carbonyl (C=O) groups is 2. The molecule has 2 aromatic carbocycles. The highest BCUT2D eigenvalue weighted by molar-refractivity contribution is 6.31. The number of amides is 2. The molecule has 0 saturated carbocycles. The molecule has 1 aliphatic rings. The van der Waals surface area contributed by atoms with Gasteiger partial charge in [-0.2, -0.15) is 0 Å². The van der Waals surface area contributed by atoms with Crippen LogP contribution in [0.2, 0.25) is 5.02 Å². The normalized spacial score (nSPS) is 17.5. The molecule has 2 atom stereocenters. The molecule has 0 aromatic heterocycles. The Labute approximate surface area is 170 Å². The average Bonchev–Trinajstić information content (AvgIpc) is 3.09. The molecule has 5 nitrogen and oxygen atoms in total. The summed E-state index contributed by atoms with van der Waals surface area (Å²) >= 11 is 6.14. The van der Waals surface area contributed by atoms with Crippen molar-refractivity contribution in [3.63, 3.8) is 0 Å². The number of rotatable bonds is 7. The van der Waals surface area contributed by atoms with E-state index in [1.165, 1.54) is 0 Å². The number of benzene rings is 2. The molecule has 0 radical (unpaired) electrons. The first-order valence-electron chi connectivity index (χ1n) is 9.55. The summed E-state index contributed by atoms with van der Waals surface area (Å²) in [5.74, 6) is 0.304. The summed E-state index contributed by atoms with van der Waals surface area (Å²) in [4.78, 5) is 26.4. The van der Waals surface area contributed by atoms with Crippen molar-refractivity contribution in [2.24, 2.45) is 5.92 Å². The third kappa shape index (κ3) is 4.84. The predicted molar refractivity (Wildman–Crippen MR) is 111 cm³/mol. The van der Waals surface area contributed by atoms with Crippen molar-refractivity contribution in [1.82, 2.24) is 5.32 Å². The molecule has 1 fully saturated rings. The lowest BCUT2D eigenvalue weighted by Crippen LogP contribution is -2.38. The first kappa shape index (κ1) is 20.2. The van der Waals surface area contributed by atoms with Crippen molar-refractivity contribution in [2.45, 2.75) is 39.3 Å². The molecule has 1 heterocycles. The molecule has 6 heteroatoms. The topological polar surface area (TPSA) is 58.6 Å². The Morgan fingerprint density at radius 1 is 1.25 bits per heavy atom. The van der Waals surface area contributed by atoms with Gasteiger partial charge in [-0.05, 0) is 43.7 Å². The van der Waals surface area contributed by atoms with Gasteiger partial charge in [-0.1, -0.05) is 36.7 Å². The Hall–Kier alpha value is -2.53. The lowest BCUT2D eigenvalue weighted by molar-refractivity contribution is -0.126. The van der Waals surface area contributed by atoms with Gasteiger partial charge < -0.3 is 15.0 Å². The number of anilines is 1. The van der Waals surface area contributed by atoms with Gasteiger partial charge in [0.25, 0.3) is 0 Å². The van der Waals surface area contributed by atoms with E-state index in [0.717, 1.165) is 17.7 Å². The highest BCUT2D eigenvalue weighted by Crippen LogP contribution is 2.27. The number of ether oxygens (including phenoxy) is 1. The van der Waals surface area contributed by atoms with Gasteiger partial charge in [-0.25, -0.2) is 0 Å². The number of halogens is 1. The molecule has 0 spiro atoms. The van der Waals surface area contributed by atoms with Gasteiger partial charge in [0, 0.05) is 35.3 Å². The lowest BCUT2D eigenvalue weighted by atomic mass is 10.1. The van der Waals surface area contributed by atoms with Crippen molar-refractivity contribution in [2.75, 3.05) is 11.4 Å². The van der Waals surface area contributed by atoms with Crippen LogP contribution in [0.3, 0.4) is 0 Å². The van der Waals surface area contributed by atoms with Crippen molar-refractivity contribution in [1.29, 1.82) is 0 Å². The van der Waals surface area contributed by atoms with Crippen molar-refractivity contribution in [3.05, 3.63) is 59.1 Å². The van der Waals surface area contributed by atoms with Gasteiger partial charge in [-0.3, -0.25) is 9.59 Å². The van der Waals surface area contributed by atoms with Gasteiger partial charge in [-0.15, -0.1) is 0 Å². The minimum Gasteiger partial charge on any atom is -0.489 e. The third-order valence-corrected chi connectivity index (χ3v) is 5.37. The van der Waals surface area contributed by atoms with Gasteiger partial charge in [0.1, 0.15) is 12.4 Å². The number of nitrogens with zero attached hydrogens (tertiary/aromatic N) is 1. The van der Waals surface area contributed by atoms with E-state index in [9.17, 15) is 9.59 Å². The minimum absolute atomic E-state index is 0.0333. The average molecular weight is 401 g/mol. The van der Waals surface area contributed by atoms with Crippen LogP contribution in [-0.2, 0) is 16.2 Å². The van der Waals surface area contributed by atoms with Gasteiger partial charge >= 0.3 is 0 Å². The maximum atomic E-state index is 12.4. The second-order valence-electron chi connectivity index (χ2n) is 7.10. The van der Waals surface area contributed by atoms with E-state index in [1.54, 1.807) is 4.90 Å². The number of carbonyl (C=O) groups excluding carboxylic acids is 2. The van der Waals surface area contributed by atoms with Crippen LogP contribution in [0.1, 0.15) is 32.3 Å². The molecule has 0 aliphatic carbocycles. The van der Waals surface area contributed by atoms with Crippen LogP contribution >= 0.6 is 11.6 Å². The summed E-state index contributed by atoms with van der Waals surface area (Å²) in [6.45, 7) is 4.76. The van der Waals surface area contributed by atoms with E-state index in [4.69, 9.17) is 16.3 Å². The van der Waals surface area contributed by atoms with E-state index in [1.807, 2.05) is 62.4 Å². The Kier molecular flexibility index (Phi) is 6.57. The van der Waals surface area contributed by atoms with Crippen LogP contribution in [0.15, 0.2) is 48.5 Å². The molecule has 1 aliphatic heterocycles. The number of hydrogen-bond acceptors (Lipinski definition) is 3. The number of hydrogen-bond donors (Lipinski definition) is 1. The molecule has 1 saturated heterocycles. The Balaban J connectivity index is 1.59. The summed E-state index contributed by atoms with van der Waals surface area (Å²) in [5, 5.41) is 3.63. The minimum atomic E-state index is -0.308. The van der Waals surface area contributed by atoms with Gasteiger partial charge in [0.2, 0.25) is 11.8 Å². The van der Waals surface area contributed by atoms with E-state index in [2.05, 4.69) is 5.32 Å². The summed E-state index contributed by atoms with van der Waals surface area (Å²) in [7, 11) is 0. The molecule has 2 aromatic rings. The second-order valence-corrected chi connectivity index (χ2v) is 7.50. The van der Waals surface area contributed by atoms with Crippen LogP contribution in [0, 0.1) is 5.92 Å². The largest absolute Gasteiger partial charge is 0.489 e. The van der Waals surface area contributed by atoms with Crippen LogP contribution in [0.5, 0.6) is 5.75 Å². The zero-order chi connectivity index (χ0) is 20.1. The molecule has 2 amide bonds. The molecule has 1 N–H and O–H groups in total. The van der Waals surface area contributed by atoms with E-state index < -0.39 is 0 Å². The van der Waals surface area contributed by atoms with Gasteiger partial charge in [0.05, 0.1) is 5.92 Å². The van der Waals surface area contributed by atoms with Crippen LogP contribution in [0.25, 0.3) is 0 Å². The molecule has 3 rings (SSSR count). The van der Waals surface area contributed by atoms with Crippen molar-refractivity contribution < 1.29 is 14.3 Å². The first-order valence-corrected chi connectivity index (χ1v) is 9.92. The Morgan fingerprint density at radius 3 is 2.64 bits per heavy atom. The quantitative estimate of drug-likeness (QED) is 0.758. The molecule has 148 valence electrons. The van der Waals surface area contributed by atoms with Crippen LogP contribution < -0.4 is 15.0 Å². The molecule has 0 unspecified atom stereocenters. The summed E-state index contributed by atoms with van der Waals surface area (Å²) < 4.78 is 5.78. The van der Waals surface area contributed by atoms with Gasteiger partial charge in [0.15, 0.2) is 0 Å². The maximum Gasteiger partial charge on any atom is 0.227 e. The Morgan fingerprint density at radius 2 is 1.96 bits per heavy atom. The monoisotopic (exact) mass is 400 g/mol. The maximum absolute atomic E-state index is 12.4. The zero-order valence-electron chi connectivity index (χ0n) is 16.2. The third-order valence-electron chi connectivity index (χ3n) is 5.00. The van der Waals surface area contributed by atoms with Crippen molar-refractivity contribution >= 4 is 29.1 Å². The first-order chi connectivity index (χ1) is 13.5. The standard InChI is InChI=1S/C22H25ClN2O3/c1-3-15(2)24-22(27)17-12-21(26)25(13-17)18-8-10-19(11-9-18)28-14-16-6-4-5-7-20(16)23/h4-11,15,17H,3,12-14H2,1-2H3,(H,24,27)/t15-,17-/m1/s1. The van der Waals surface area contributed by atoms with E-state index in [0.29, 0.717) is 23.9 Å². The fourth-order valence-electron chi connectivity index (χ4n) is 3.09. The zero-order valence-corrected chi connectivity index (χ0v) is 16.9. The van der Waals surface area contributed by atoms with E-state index >= 15 is 0 Å². The highest BCUT2D eigenvalue weighted by Gasteiger charge is 2.35. The predicted octanol–water partition coefficient (Wildman–Crippen LogP) is 4.19. The molecule has 0 bridgehead atoms. The highest BCUT2D eigenvalue weighted by atomic mass is 35.5. The number of nitrogens with one attached hydrogen (secondary N) is 1. The molecular formula is C22H25ClN2O3. The van der Waals surface area contributed by atoms with Crippen LogP contribution in [-0.4, -0.2) is 24.4 Å². The SMILES string of the molecule is CC[C@@H](C)NC(=O)[C@@H]1CC(=O)N(c2ccc(OCc3ccccc3Cl)cc2)C1. The van der Waals surface area contributed by atoms with E-state index in [-0.39, 0.29) is 30.2 Å². The van der Waals surface area contributed by atoms with Crippen LogP contribution in [0.4, 0.5) is 5.69 Å². The molecular weight excluding hydrogens is 376 g/mol. The summed E-state index contributed by atoms with van der Waals surface area (Å²) in [5.41, 5.74) is 1.69. The Bertz CT molecular complexity index is 838. The molecule has 28 heavy (non-hydrogen) atoms. The smallest absolute Gasteiger partial charge is 0.227 e. The fourth-order valence-corrected chi connectivity index (χ4v) is 3.28. The fraction of sp³-hybridized carbons (Fsp3) is 0.364. The second kappa shape index (κ2) is 9.11.